The number of benzene rings is 2. The topological polar surface area (TPSA) is 52.4 Å². The number of ether oxygens (including phenoxy) is 1. The van der Waals surface area contributed by atoms with Crippen molar-refractivity contribution in [3.05, 3.63) is 62.2 Å². The van der Waals surface area contributed by atoms with Gasteiger partial charge in [0.25, 0.3) is 5.69 Å². The summed E-state index contributed by atoms with van der Waals surface area (Å²) >= 11 is 11.8. The maximum absolute atomic E-state index is 11.0. The van der Waals surface area contributed by atoms with Crippen molar-refractivity contribution in [2.75, 3.05) is 0 Å². The van der Waals surface area contributed by atoms with E-state index in [0.717, 1.165) is 11.1 Å². The molecule has 0 aliphatic rings. The van der Waals surface area contributed by atoms with Crippen molar-refractivity contribution < 1.29 is 9.66 Å². The summed E-state index contributed by atoms with van der Waals surface area (Å²) in [6.07, 6.45) is 0. The van der Waals surface area contributed by atoms with Crippen LogP contribution in [0.1, 0.15) is 16.7 Å². The molecule has 0 bridgehead atoms. The summed E-state index contributed by atoms with van der Waals surface area (Å²) in [5.74, 6) is 1.26. The van der Waals surface area contributed by atoms with Gasteiger partial charge in [-0.15, -0.1) is 11.6 Å². The van der Waals surface area contributed by atoms with Crippen LogP contribution < -0.4 is 4.74 Å². The molecule has 0 radical (unpaired) electrons. The third-order valence-electron chi connectivity index (χ3n) is 3.09. The Morgan fingerprint density at radius 3 is 2.48 bits per heavy atom. The molecule has 0 aromatic heterocycles. The molecular weight excluding hydrogens is 313 g/mol. The quantitative estimate of drug-likeness (QED) is 0.430. The molecule has 0 saturated carbocycles. The third kappa shape index (κ3) is 3.46. The lowest BCUT2D eigenvalue weighted by Crippen LogP contribution is -1.95. The molecule has 0 heterocycles. The highest BCUT2D eigenvalue weighted by Gasteiger charge is 2.15. The number of alkyl halides is 1. The van der Waals surface area contributed by atoms with Crippen molar-refractivity contribution in [1.29, 1.82) is 0 Å². The highest BCUT2D eigenvalue weighted by atomic mass is 35.5. The van der Waals surface area contributed by atoms with E-state index in [0.29, 0.717) is 28.0 Å². The number of aryl methyl sites for hydroxylation is 2. The Labute approximate surface area is 132 Å². The van der Waals surface area contributed by atoms with Gasteiger partial charge in [0.05, 0.1) is 11.0 Å². The summed E-state index contributed by atoms with van der Waals surface area (Å²) in [6.45, 7) is 3.53. The number of hydrogen-bond donors (Lipinski definition) is 0. The maximum atomic E-state index is 11.0. The van der Waals surface area contributed by atoms with Crippen molar-refractivity contribution in [3.63, 3.8) is 0 Å². The second kappa shape index (κ2) is 6.33. The molecule has 0 N–H and O–H groups in total. The first-order valence-corrected chi connectivity index (χ1v) is 7.11. The molecule has 110 valence electrons. The van der Waals surface area contributed by atoms with E-state index in [1.807, 2.05) is 6.92 Å². The number of hydrogen-bond acceptors (Lipinski definition) is 3. The molecule has 4 nitrogen and oxygen atoms in total. The Kier molecular flexibility index (Phi) is 4.70. The van der Waals surface area contributed by atoms with Crippen molar-refractivity contribution in [1.82, 2.24) is 0 Å². The molecule has 0 saturated heterocycles. The highest BCUT2D eigenvalue weighted by molar-refractivity contribution is 6.32. The molecule has 0 aliphatic heterocycles. The minimum absolute atomic E-state index is 0.0269. The average molecular weight is 326 g/mol. The van der Waals surface area contributed by atoms with E-state index in [-0.39, 0.29) is 5.69 Å². The van der Waals surface area contributed by atoms with Gasteiger partial charge in [-0.1, -0.05) is 17.7 Å². The summed E-state index contributed by atoms with van der Waals surface area (Å²) in [5, 5.41) is 11.5. The Hall–Kier alpha value is -1.78. The summed E-state index contributed by atoms with van der Waals surface area (Å²) in [6, 6.07) is 8.29. The standard InChI is InChI=1S/C15H13Cl2NO3/c1-9-5-10(2)15(7-14(9)18(19)20)21-12-4-3-11(8-16)13(17)6-12/h3-7H,8H2,1-2H3. The molecule has 2 aromatic rings. The van der Waals surface area contributed by atoms with Crippen molar-refractivity contribution >= 4 is 28.9 Å². The van der Waals surface area contributed by atoms with E-state index < -0.39 is 4.92 Å². The van der Waals surface area contributed by atoms with Gasteiger partial charge in [0.1, 0.15) is 11.5 Å². The second-order valence-corrected chi connectivity index (χ2v) is 5.32. The largest absolute Gasteiger partial charge is 0.457 e. The highest BCUT2D eigenvalue weighted by Crippen LogP contribution is 2.33. The number of rotatable bonds is 4. The summed E-state index contributed by atoms with van der Waals surface area (Å²) < 4.78 is 5.70. The van der Waals surface area contributed by atoms with Gasteiger partial charge in [-0.25, -0.2) is 0 Å². The van der Waals surface area contributed by atoms with Gasteiger partial charge in [-0.05, 0) is 43.2 Å². The Bertz CT molecular complexity index is 702. The smallest absolute Gasteiger partial charge is 0.276 e. The van der Waals surface area contributed by atoms with Gasteiger partial charge < -0.3 is 4.74 Å². The molecule has 0 aliphatic carbocycles. The summed E-state index contributed by atoms with van der Waals surface area (Å²) in [7, 11) is 0. The van der Waals surface area contributed by atoms with Crippen LogP contribution in [-0.4, -0.2) is 4.92 Å². The fraction of sp³-hybridized carbons (Fsp3) is 0.200. The molecule has 0 amide bonds. The van der Waals surface area contributed by atoms with E-state index in [1.165, 1.54) is 6.07 Å². The zero-order chi connectivity index (χ0) is 15.6. The SMILES string of the molecule is Cc1cc(C)c([N+](=O)[O-])cc1Oc1ccc(CCl)c(Cl)c1. The Morgan fingerprint density at radius 1 is 1.19 bits per heavy atom. The van der Waals surface area contributed by atoms with Gasteiger partial charge >= 0.3 is 0 Å². The number of nitro groups is 1. The van der Waals surface area contributed by atoms with Crippen LogP contribution >= 0.6 is 23.2 Å². The van der Waals surface area contributed by atoms with Gasteiger partial charge in [0.15, 0.2) is 0 Å². The van der Waals surface area contributed by atoms with Gasteiger partial charge in [0, 0.05) is 16.5 Å². The lowest BCUT2D eigenvalue weighted by molar-refractivity contribution is -0.385. The van der Waals surface area contributed by atoms with Gasteiger partial charge in [-0.2, -0.15) is 0 Å². The van der Waals surface area contributed by atoms with Crippen LogP contribution in [0.5, 0.6) is 11.5 Å². The van der Waals surface area contributed by atoms with Crippen LogP contribution in [0.25, 0.3) is 0 Å². The minimum Gasteiger partial charge on any atom is -0.457 e. The van der Waals surface area contributed by atoms with Crippen LogP contribution in [0.2, 0.25) is 5.02 Å². The van der Waals surface area contributed by atoms with Crippen molar-refractivity contribution in [2.45, 2.75) is 19.7 Å². The first kappa shape index (κ1) is 15.6. The molecule has 0 spiro atoms. The molecule has 0 fully saturated rings. The maximum Gasteiger partial charge on any atom is 0.276 e. The van der Waals surface area contributed by atoms with E-state index in [9.17, 15) is 10.1 Å². The third-order valence-corrected chi connectivity index (χ3v) is 3.73. The van der Waals surface area contributed by atoms with E-state index in [4.69, 9.17) is 27.9 Å². The molecule has 0 unspecified atom stereocenters. The fourth-order valence-electron chi connectivity index (χ4n) is 1.96. The minimum atomic E-state index is -0.425. The normalized spacial score (nSPS) is 10.5. The molecule has 6 heteroatoms. The fourth-order valence-corrected chi connectivity index (χ4v) is 2.49. The van der Waals surface area contributed by atoms with Crippen LogP contribution in [-0.2, 0) is 5.88 Å². The summed E-state index contributed by atoms with van der Waals surface area (Å²) in [5.41, 5.74) is 2.24. The van der Waals surface area contributed by atoms with Crippen molar-refractivity contribution in [3.8, 4) is 11.5 Å². The zero-order valence-corrected chi connectivity index (χ0v) is 13.0. The molecule has 2 rings (SSSR count). The van der Waals surface area contributed by atoms with Crippen LogP contribution in [0, 0.1) is 24.0 Å². The number of nitrogens with zero attached hydrogens (tertiary/aromatic N) is 1. The lowest BCUT2D eigenvalue weighted by atomic mass is 10.1. The lowest BCUT2D eigenvalue weighted by Gasteiger charge is -2.11. The van der Waals surface area contributed by atoms with Crippen LogP contribution in [0.15, 0.2) is 30.3 Å². The van der Waals surface area contributed by atoms with E-state index >= 15 is 0 Å². The summed E-state index contributed by atoms with van der Waals surface area (Å²) in [4.78, 5) is 10.6. The first-order valence-electron chi connectivity index (χ1n) is 6.20. The molecular formula is C15H13Cl2NO3. The van der Waals surface area contributed by atoms with Crippen LogP contribution in [0.3, 0.4) is 0 Å². The predicted octanol–water partition coefficient (Wildman–Crippen LogP) is 5.40. The predicted molar refractivity (Wildman–Crippen MR) is 83.7 cm³/mol. The van der Waals surface area contributed by atoms with Crippen LogP contribution in [0.4, 0.5) is 5.69 Å². The number of halogens is 2. The van der Waals surface area contributed by atoms with Crippen molar-refractivity contribution in [2.24, 2.45) is 0 Å². The van der Waals surface area contributed by atoms with Gasteiger partial charge in [0.2, 0.25) is 0 Å². The number of nitro benzene ring substituents is 1. The molecule has 2 aromatic carbocycles. The molecule has 21 heavy (non-hydrogen) atoms. The van der Waals surface area contributed by atoms with E-state index in [1.54, 1.807) is 31.2 Å². The molecule has 0 atom stereocenters. The van der Waals surface area contributed by atoms with E-state index in [2.05, 4.69) is 0 Å². The monoisotopic (exact) mass is 325 g/mol. The Balaban J connectivity index is 2.37. The first-order chi connectivity index (χ1) is 9.92. The second-order valence-electron chi connectivity index (χ2n) is 4.65. The zero-order valence-electron chi connectivity index (χ0n) is 11.5. The Morgan fingerprint density at radius 2 is 1.90 bits per heavy atom. The average Bonchev–Trinajstić information content (AvgIpc) is 2.41. The van der Waals surface area contributed by atoms with Gasteiger partial charge in [-0.3, -0.25) is 10.1 Å².